The van der Waals surface area contributed by atoms with Crippen LogP contribution in [0.5, 0.6) is 0 Å². The van der Waals surface area contributed by atoms with Gasteiger partial charge in [-0.15, -0.1) is 0 Å². The number of rotatable bonds is 55. The molecule has 0 radical (unpaired) electrons. The van der Waals surface area contributed by atoms with Crippen molar-refractivity contribution in [2.75, 3.05) is 13.2 Å². The number of aliphatic hydroxyl groups excluding tert-OH is 5. The van der Waals surface area contributed by atoms with Crippen LogP contribution >= 0.6 is 0 Å². The fraction of sp³-hybridized carbons (Fsp3) is 0.952. The van der Waals surface area contributed by atoms with E-state index in [9.17, 15) is 30.3 Å². The first-order chi connectivity index (χ1) is 34.8. The maximum absolute atomic E-state index is 13.1. The molecule has 422 valence electrons. The van der Waals surface area contributed by atoms with Crippen molar-refractivity contribution in [3.63, 3.8) is 0 Å². The van der Waals surface area contributed by atoms with Gasteiger partial charge in [-0.25, -0.2) is 0 Å². The molecule has 1 fully saturated rings. The summed E-state index contributed by atoms with van der Waals surface area (Å²) >= 11 is 0. The molecule has 7 atom stereocenters. The van der Waals surface area contributed by atoms with E-state index in [0.717, 1.165) is 38.5 Å². The molecule has 1 aliphatic rings. The highest BCUT2D eigenvalue weighted by Crippen LogP contribution is 2.23. The number of nitrogens with one attached hydrogen (secondary N) is 1. The van der Waals surface area contributed by atoms with Crippen molar-refractivity contribution < 1.29 is 39.8 Å². The molecule has 6 N–H and O–H groups in total. The van der Waals surface area contributed by atoms with Crippen LogP contribution in [0.25, 0.3) is 0 Å². The molecule has 0 aromatic rings. The molecule has 0 saturated carbocycles. The zero-order valence-electron chi connectivity index (χ0n) is 47.0. The maximum atomic E-state index is 13.1. The number of carbonyl (C=O) groups excluding carboxylic acids is 1. The van der Waals surface area contributed by atoms with Crippen molar-refractivity contribution in [3.8, 4) is 0 Å². The number of hydrogen-bond acceptors (Lipinski definition) is 8. The fourth-order valence-electron chi connectivity index (χ4n) is 10.4. The molecule has 0 aliphatic carbocycles. The SMILES string of the molecule is CCCCCCCCCCCCCC/C=C\CCCCCCCCCCCCC(=O)NC(COC1OC(CO)C(O)C(O)C1O)C(O)CCCCCCCCCCCCCCCCCCCCCCCC. The lowest BCUT2D eigenvalue weighted by atomic mass is 9.99. The highest BCUT2D eigenvalue weighted by atomic mass is 16.7. The second kappa shape index (κ2) is 52.4. The Kier molecular flexibility index (Phi) is 50.1. The number of ether oxygens (including phenoxy) is 2. The monoisotopic (exact) mass is 1010 g/mol. The molecule has 0 aromatic carbocycles. The van der Waals surface area contributed by atoms with E-state index in [1.165, 1.54) is 257 Å². The highest BCUT2D eigenvalue weighted by Gasteiger charge is 2.44. The van der Waals surface area contributed by atoms with E-state index in [-0.39, 0.29) is 12.5 Å². The van der Waals surface area contributed by atoms with Gasteiger partial charge in [0.25, 0.3) is 0 Å². The van der Waals surface area contributed by atoms with E-state index in [0.29, 0.717) is 12.8 Å². The maximum Gasteiger partial charge on any atom is 0.220 e. The average Bonchev–Trinajstić information content (AvgIpc) is 3.37. The molecule has 7 unspecified atom stereocenters. The molecule has 1 rings (SSSR count). The van der Waals surface area contributed by atoms with Crippen LogP contribution in [0.3, 0.4) is 0 Å². The summed E-state index contributed by atoms with van der Waals surface area (Å²) in [7, 11) is 0. The van der Waals surface area contributed by atoms with Crippen molar-refractivity contribution in [2.24, 2.45) is 0 Å². The Morgan fingerprint density at radius 2 is 0.789 bits per heavy atom. The third-order valence-electron chi connectivity index (χ3n) is 15.4. The Hall–Kier alpha value is -1.07. The normalized spacial score (nSPS) is 19.2. The van der Waals surface area contributed by atoms with Gasteiger partial charge in [-0.3, -0.25) is 4.79 Å². The van der Waals surface area contributed by atoms with Gasteiger partial charge in [0.15, 0.2) is 6.29 Å². The van der Waals surface area contributed by atoms with Gasteiger partial charge in [0, 0.05) is 6.42 Å². The molecule has 1 heterocycles. The Labute approximate surface area is 439 Å². The van der Waals surface area contributed by atoms with Crippen LogP contribution in [0.4, 0.5) is 0 Å². The zero-order chi connectivity index (χ0) is 51.5. The summed E-state index contributed by atoms with van der Waals surface area (Å²) in [6.07, 6.45) is 58.2. The van der Waals surface area contributed by atoms with Gasteiger partial charge in [-0.05, 0) is 38.5 Å². The lowest BCUT2D eigenvalue weighted by molar-refractivity contribution is -0.302. The minimum Gasteiger partial charge on any atom is -0.394 e. The minimum atomic E-state index is -1.55. The molecule has 1 saturated heterocycles. The first kappa shape index (κ1) is 67.9. The van der Waals surface area contributed by atoms with Gasteiger partial charge < -0.3 is 40.3 Å². The van der Waals surface area contributed by atoms with E-state index in [1.54, 1.807) is 0 Å². The number of allylic oxidation sites excluding steroid dienone is 2. The molecule has 0 spiro atoms. The van der Waals surface area contributed by atoms with Gasteiger partial charge in [0.2, 0.25) is 5.91 Å². The Bertz CT molecular complexity index is 1120. The molecule has 9 heteroatoms. The smallest absolute Gasteiger partial charge is 0.220 e. The fourth-order valence-corrected chi connectivity index (χ4v) is 10.4. The molecule has 71 heavy (non-hydrogen) atoms. The van der Waals surface area contributed by atoms with Crippen molar-refractivity contribution >= 4 is 5.91 Å². The lowest BCUT2D eigenvalue weighted by Crippen LogP contribution is -2.60. The van der Waals surface area contributed by atoms with E-state index in [2.05, 4.69) is 31.3 Å². The Morgan fingerprint density at radius 3 is 1.14 bits per heavy atom. The number of amides is 1. The van der Waals surface area contributed by atoms with Crippen LogP contribution in [0.1, 0.15) is 322 Å². The molecule has 0 bridgehead atoms. The summed E-state index contributed by atoms with van der Waals surface area (Å²) in [5.41, 5.74) is 0. The summed E-state index contributed by atoms with van der Waals surface area (Å²) in [4.78, 5) is 13.1. The average molecular weight is 1010 g/mol. The van der Waals surface area contributed by atoms with Gasteiger partial charge in [0.1, 0.15) is 24.4 Å². The first-order valence-corrected chi connectivity index (χ1v) is 31.4. The van der Waals surface area contributed by atoms with Crippen molar-refractivity contribution in [3.05, 3.63) is 12.2 Å². The van der Waals surface area contributed by atoms with Crippen LogP contribution in [-0.2, 0) is 14.3 Å². The van der Waals surface area contributed by atoms with Gasteiger partial charge >= 0.3 is 0 Å². The summed E-state index contributed by atoms with van der Waals surface area (Å²) in [5, 5.41) is 54.8. The molecule has 1 aliphatic heterocycles. The predicted octanol–water partition coefficient (Wildman–Crippen LogP) is 16.0. The number of carbonyl (C=O) groups is 1. The largest absolute Gasteiger partial charge is 0.394 e. The molecular formula is C62H121NO8. The number of aliphatic hydroxyl groups is 5. The van der Waals surface area contributed by atoms with Crippen molar-refractivity contribution in [1.29, 1.82) is 0 Å². The predicted molar refractivity (Wildman–Crippen MR) is 300 cm³/mol. The standard InChI is InChI=1S/C62H121NO8/c1-3-5-7-9-11-13-15-17-19-21-23-25-27-28-29-30-32-34-36-38-40-42-44-46-48-50-52-58(66)63-55(54-70-62-61(69)60(68)59(67)57(53-64)71-62)56(65)51-49-47-45-43-41-39-37-35-33-31-26-24-22-20-18-16-14-12-10-8-6-4-2/h28-29,55-57,59-62,64-65,67-69H,3-27,30-54H2,1-2H3,(H,63,66)/b29-28-. The van der Waals surface area contributed by atoms with Gasteiger partial charge in [0.05, 0.1) is 25.4 Å². The van der Waals surface area contributed by atoms with Crippen LogP contribution < -0.4 is 5.32 Å². The summed E-state index contributed by atoms with van der Waals surface area (Å²) < 4.78 is 11.3. The zero-order valence-corrected chi connectivity index (χ0v) is 47.0. The second-order valence-electron chi connectivity index (χ2n) is 22.2. The summed E-state index contributed by atoms with van der Waals surface area (Å²) in [6.45, 7) is 3.89. The van der Waals surface area contributed by atoms with Crippen LogP contribution in [0.2, 0.25) is 0 Å². The van der Waals surface area contributed by atoms with E-state index < -0.39 is 49.5 Å². The number of hydrogen-bond donors (Lipinski definition) is 6. The summed E-state index contributed by atoms with van der Waals surface area (Å²) in [6, 6.07) is -0.718. The molecular weight excluding hydrogens is 887 g/mol. The third kappa shape index (κ3) is 41.8. The minimum absolute atomic E-state index is 0.134. The summed E-state index contributed by atoms with van der Waals surface area (Å²) in [5.74, 6) is -0.139. The van der Waals surface area contributed by atoms with Gasteiger partial charge in [-0.2, -0.15) is 0 Å². The van der Waals surface area contributed by atoms with Crippen molar-refractivity contribution in [2.45, 2.75) is 365 Å². The van der Waals surface area contributed by atoms with Crippen LogP contribution in [-0.4, -0.2) is 87.5 Å². The van der Waals surface area contributed by atoms with Gasteiger partial charge in [-0.1, -0.05) is 289 Å². The van der Waals surface area contributed by atoms with E-state index in [1.807, 2.05) is 0 Å². The molecule has 9 nitrogen and oxygen atoms in total. The lowest BCUT2D eigenvalue weighted by Gasteiger charge is -2.40. The first-order valence-electron chi connectivity index (χ1n) is 31.4. The van der Waals surface area contributed by atoms with E-state index >= 15 is 0 Å². The highest BCUT2D eigenvalue weighted by molar-refractivity contribution is 5.76. The van der Waals surface area contributed by atoms with Crippen molar-refractivity contribution in [1.82, 2.24) is 5.32 Å². The second-order valence-corrected chi connectivity index (χ2v) is 22.2. The number of unbranched alkanes of at least 4 members (excludes halogenated alkanes) is 43. The topological polar surface area (TPSA) is 149 Å². The quantitative estimate of drug-likeness (QED) is 0.0261. The molecule has 1 amide bonds. The van der Waals surface area contributed by atoms with Crippen LogP contribution in [0.15, 0.2) is 12.2 Å². The third-order valence-corrected chi connectivity index (χ3v) is 15.4. The van der Waals surface area contributed by atoms with Crippen LogP contribution in [0, 0.1) is 0 Å². The Balaban J connectivity index is 2.16. The Morgan fingerprint density at radius 1 is 0.465 bits per heavy atom. The molecule has 0 aromatic heterocycles. The van der Waals surface area contributed by atoms with E-state index in [4.69, 9.17) is 9.47 Å².